The van der Waals surface area contributed by atoms with E-state index in [2.05, 4.69) is 5.10 Å². The third-order valence-electron chi connectivity index (χ3n) is 5.36. The van der Waals surface area contributed by atoms with Crippen molar-refractivity contribution in [2.75, 3.05) is 52.5 Å². The van der Waals surface area contributed by atoms with Crippen molar-refractivity contribution in [1.82, 2.24) is 23.3 Å². The minimum atomic E-state index is -3.47. The fourth-order valence-corrected chi connectivity index (χ4v) is 5.39. The molecule has 0 aromatic carbocycles. The van der Waals surface area contributed by atoms with Crippen LogP contribution in [0.15, 0.2) is 6.20 Å². The highest BCUT2D eigenvalue weighted by Crippen LogP contribution is 2.21. The number of hydrogen-bond acceptors (Lipinski definition) is 5. The molecule has 0 aliphatic carbocycles. The molecule has 0 bridgehead atoms. The van der Waals surface area contributed by atoms with Gasteiger partial charge in [0.15, 0.2) is 0 Å². The topological polar surface area (TPSA) is 88.0 Å². The van der Waals surface area contributed by atoms with Gasteiger partial charge in [0, 0.05) is 45.8 Å². The molecule has 26 heavy (non-hydrogen) atoms. The summed E-state index contributed by atoms with van der Waals surface area (Å²) in [4.78, 5) is 14.6. The Bertz CT molecular complexity index is 764. The summed E-state index contributed by atoms with van der Waals surface area (Å²) in [5.41, 5.74) is 1.69. The van der Waals surface area contributed by atoms with Gasteiger partial charge in [0.05, 0.1) is 30.7 Å². The number of amides is 1. The second-order valence-corrected chi connectivity index (χ2v) is 8.82. The number of nitrogens with zero attached hydrogens (tertiary/aromatic N) is 5. The van der Waals surface area contributed by atoms with E-state index in [-0.39, 0.29) is 5.91 Å². The van der Waals surface area contributed by atoms with Crippen LogP contribution >= 0.6 is 0 Å². The van der Waals surface area contributed by atoms with Crippen molar-refractivity contribution < 1.29 is 17.9 Å². The summed E-state index contributed by atoms with van der Waals surface area (Å²) in [5.74, 6) is -0.0310. The first-order valence-electron chi connectivity index (χ1n) is 9.24. The van der Waals surface area contributed by atoms with Gasteiger partial charge in [-0.1, -0.05) is 0 Å². The molecule has 2 fully saturated rings. The van der Waals surface area contributed by atoms with Gasteiger partial charge >= 0.3 is 0 Å². The van der Waals surface area contributed by atoms with Gasteiger partial charge in [-0.05, 0) is 19.3 Å². The van der Waals surface area contributed by atoms with Crippen molar-refractivity contribution in [2.24, 2.45) is 0 Å². The van der Waals surface area contributed by atoms with E-state index < -0.39 is 10.2 Å². The quantitative estimate of drug-likeness (QED) is 0.706. The molecule has 1 aromatic rings. The number of rotatable bonds is 3. The molecule has 3 aliphatic rings. The Morgan fingerprint density at radius 2 is 1.65 bits per heavy atom. The first-order valence-corrected chi connectivity index (χ1v) is 10.6. The van der Waals surface area contributed by atoms with Crippen LogP contribution < -0.4 is 0 Å². The molecular weight excluding hydrogens is 358 g/mol. The average Bonchev–Trinajstić information content (AvgIpc) is 3.12. The van der Waals surface area contributed by atoms with Crippen LogP contribution in [-0.2, 0) is 27.9 Å². The number of morpholine rings is 1. The maximum absolute atomic E-state index is 12.9. The molecule has 1 aromatic heterocycles. The molecule has 10 heteroatoms. The smallest absolute Gasteiger partial charge is 0.282 e. The number of aryl methyl sites for hydroxylation is 1. The molecule has 4 rings (SSSR count). The Balaban J connectivity index is 1.40. The van der Waals surface area contributed by atoms with Crippen molar-refractivity contribution in [2.45, 2.75) is 25.8 Å². The van der Waals surface area contributed by atoms with Gasteiger partial charge in [0.25, 0.3) is 16.1 Å². The number of carbonyl (C=O) groups excluding carboxylic acids is 1. The van der Waals surface area contributed by atoms with Gasteiger partial charge in [-0.15, -0.1) is 0 Å². The van der Waals surface area contributed by atoms with Crippen molar-refractivity contribution >= 4 is 16.1 Å². The zero-order valence-corrected chi connectivity index (χ0v) is 15.7. The van der Waals surface area contributed by atoms with Gasteiger partial charge in [0.2, 0.25) is 0 Å². The second-order valence-electron chi connectivity index (χ2n) is 6.90. The number of fused-ring (bicyclic) bond motifs is 1. The van der Waals surface area contributed by atoms with Crippen molar-refractivity contribution in [3.05, 3.63) is 17.5 Å². The largest absolute Gasteiger partial charge is 0.379 e. The van der Waals surface area contributed by atoms with Crippen LogP contribution in [0.25, 0.3) is 0 Å². The minimum absolute atomic E-state index is 0.0310. The van der Waals surface area contributed by atoms with Crippen molar-refractivity contribution in [3.63, 3.8) is 0 Å². The third-order valence-corrected chi connectivity index (χ3v) is 7.40. The van der Waals surface area contributed by atoms with Gasteiger partial charge in [-0.25, -0.2) is 0 Å². The summed E-state index contributed by atoms with van der Waals surface area (Å²) in [7, 11) is -3.47. The lowest BCUT2D eigenvalue weighted by Gasteiger charge is -2.37. The van der Waals surface area contributed by atoms with Crippen LogP contribution in [0.5, 0.6) is 0 Å². The molecule has 0 unspecified atom stereocenters. The van der Waals surface area contributed by atoms with Crippen molar-refractivity contribution in [3.8, 4) is 0 Å². The van der Waals surface area contributed by atoms with E-state index in [1.54, 1.807) is 11.1 Å². The standard InChI is InChI=1S/C16H25N5O4S/c22-16(14-13-17-21-4-2-1-3-15(14)21)18-5-7-19(8-6-18)26(23,24)20-9-11-25-12-10-20/h13H,1-12H2. The Morgan fingerprint density at radius 1 is 0.962 bits per heavy atom. The number of piperazine rings is 1. The van der Waals surface area contributed by atoms with Gasteiger partial charge < -0.3 is 9.64 Å². The van der Waals surface area contributed by atoms with Crippen LogP contribution in [0.1, 0.15) is 28.9 Å². The molecule has 1 amide bonds. The fourth-order valence-electron chi connectivity index (χ4n) is 3.83. The molecule has 4 heterocycles. The predicted molar refractivity (Wildman–Crippen MR) is 94.0 cm³/mol. The lowest BCUT2D eigenvalue weighted by Crippen LogP contribution is -2.55. The molecule has 0 saturated carbocycles. The maximum Gasteiger partial charge on any atom is 0.282 e. The summed E-state index contributed by atoms with van der Waals surface area (Å²) >= 11 is 0. The van der Waals surface area contributed by atoms with E-state index in [4.69, 9.17) is 4.74 Å². The summed E-state index contributed by atoms with van der Waals surface area (Å²) in [6.45, 7) is 4.00. The summed E-state index contributed by atoms with van der Waals surface area (Å²) in [6.07, 6.45) is 4.73. The van der Waals surface area contributed by atoms with E-state index in [9.17, 15) is 13.2 Å². The monoisotopic (exact) mass is 383 g/mol. The third kappa shape index (κ3) is 3.26. The first-order chi connectivity index (χ1) is 12.6. The molecule has 2 saturated heterocycles. The Morgan fingerprint density at radius 3 is 2.38 bits per heavy atom. The number of aromatic nitrogens is 2. The fraction of sp³-hybridized carbons (Fsp3) is 0.750. The van der Waals surface area contributed by atoms with Gasteiger partial charge in [-0.3, -0.25) is 9.48 Å². The van der Waals surface area contributed by atoms with Gasteiger partial charge in [-0.2, -0.15) is 22.1 Å². The van der Waals surface area contributed by atoms with E-state index in [0.717, 1.165) is 31.5 Å². The highest BCUT2D eigenvalue weighted by molar-refractivity contribution is 7.86. The van der Waals surface area contributed by atoms with Crippen molar-refractivity contribution in [1.29, 1.82) is 0 Å². The van der Waals surface area contributed by atoms with E-state index >= 15 is 0 Å². The number of ether oxygens (including phenoxy) is 1. The highest BCUT2D eigenvalue weighted by atomic mass is 32.2. The Kier molecular flexibility index (Phi) is 5.00. The zero-order chi connectivity index (χ0) is 18.1. The Labute approximate surface area is 153 Å². The predicted octanol–water partition coefficient (Wildman–Crippen LogP) is -0.446. The second kappa shape index (κ2) is 7.26. The molecule has 0 N–H and O–H groups in total. The normalized spacial score (nSPS) is 23.0. The molecule has 0 atom stereocenters. The van der Waals surface area contributed by atoms with E-state index in [1.165, 1.54) is 8.61 Å². The molecular formula is C16H25N5O4S. The van der Waals surface area contributed by atoms with Crippen LogP contribution in [0, 0.1) is 0 Å². The molecule has 0 spiro atoms. The number of hydrogen-bond donors (Lipinski definition) is 0. The Hall–Kier alpha value is -1.49. The lowest BCUT2D eigenvalue weighted by atomic mass is 10.1. The summed E-state index contributed by atoms with van der Waals surface area (Å²) in [5, 5.41) is 4.33. The first kappa shape index (κ1) is 17.9. The van der Waals surface area contributed by atoms with E-state index in [0.29, 0.717) is 58.0 Å². The molecule has 144 valence electrons. The average molecular weight is 383 g/mol. The van der Waals surface area contributed by atoms with Crippen LogP contribution in [0.4, 0.5) is 0 Å². The van der Waals surface area contributed by atoms with Gasteiger partial charge in [0.1, 0.15) is 0 Å². The lowest BCUT2D eigenvalue weighted by molar-refractivity contribution is 0.0635. The number of carbonyl (C=O) groups is 1. The zero-order valence-electron chi connectivity index (χ0n) is 14.8. The molecule has 9 nitrogen and oxygen atoms in total. The minimum Gasteiger partial charge on any atom is -0.379 e. The SMILES string of the molecule is O=C(c1cnn2c1CCCC2)N1CCN(S(=O)(=O)N2CCOCC2)CC1. The molecule has 3 aliphatic heterocycles. The van der Waals surface area contributed by atoms with Crippen LogP contribution in [0.3, 0.4) is 0 Å². The summed E-state index contributed by atoms with van der Waals surface area (Å²) in [6, 6.07) is 0. The maximum atomic E-state index is 12.9. The van der Waals surface area contributed by atoms with Crippen LogP contribution in [-0.4, -0.2) is 90.1 Å². The molecule has 0 radical (unpaired) electrons. The highest BCUT2D eigenvalue weighted by Gasteiger charge is 2.35. The van der Waals surface area contributed by atoms with E-state index in [1.807, 2.05) is 4.68 Å². The van der Waals surface area contributed by atoms with Crippen LogP contribution in [0.2, 0.25) is 0 Å². The summed E-state index contributed by atoms with van der Waals surface area (Å²) < 4.78 is 35.5.